The maximum absolute atomic E-state index is 14.6. The van der Waals surface area contributed by atoms with Crippen molar-refractivity contribution in [2.75, 3.05) is 16.8 Å². The van der Waals surface area contributed by atoms with Gasteiger partial charge in [-0.05, 0) is 36.8 Å². The van der Waals surface area contributed by atoms with Gasteiger partial charge in [-0.15, -0.1) is 0 Å². The zero-order chi connectivity index (χ0) is 20.3. The lowest BCUT2D eigenvalue weighted by Crippen LogP contribution is -2.25. The van der Waals surface area contributed by atoms with E-state index >= 15 is 0 Å². The number of aromatic nitrogens is 1. The number of benzene rings is 1. The van der Waals surface area contributed by atoms with Crippen LogP contribution in [0.25, 0.3) is 11.1 Å². The van der Waals surface area contributed by atoms with Gasteiger partial charge in [-0.3, -0.25) is 14.5 Å². The summed E-state index contributed by atoms with van der Waals surface area (Å²) >= 11 is 0. The Morgan fingerprint density at radius 1 is 1.36 bits per heavy atom. The summed E-state index contributed by atoms with van der Waals surface area (Å²) in [7, 11) is 0. The molecule has 1 aliphatic heterocycles. The lowest BCUT2D eigenvalue weighted by molar-refractivity contribution is -0.118. The first-order valence-electron chi connectivity index (χ1n) is 8.63. The molecule has 1 atom stereocenters. The highest BCUT2D eigenvalue weighted by Gasteiger charge is 2.32. The van der Waals surface area contributed by atoms with Gasteiger partial charge >= 0.3 is 6.09 Å². The average molecular weight is 386 g/mol. The number of nitrogens with zero attached hydrogens (tertiary/aromatic N) is 2. The van der Waals surface area contributed by atoms with E-state index in [0.717, 1.165) is 0 Å². The number of amides is 3. The number of ether oxygens (including phenoxy) is 1. The van der Waals surface area contributed by atoms with E-state index in [1.165, 1.54) is 24.1 Å². The fourth-order valence-electron chi connectivity index (χ4n) is 2.90. The molecule has 1 aromatic carbocycles. The van der Waals surface area contributed by atoms with Crippen molar-refractivity contribution in [2.45, 2.75) is 25.9 Å². The third kappa shape index (κ3) is 4.43. The van der Waals surface area contributed by atoms with Crippen LogP contribution >= 0.6 is 0 Å². The van der Waals surface area contributed by atoms with Crippen LogP contribution in [0.5, 0.6) is 0 Å². The number of hydrogen-bond donors (Lipinski definition) is 2. The first-order chi connectivity index (χ1) is 13.3. The van der Waals surface area contributed by atoms with Crippen LogP contribution < -0.4 is 16.0 Å². The zero-order valence-corrected chi connectivity index (χ0v) is 15.1. The van der Waals surface area contributed by atoms with Gasteiger partial charge in [-0.25, -0.2) is 14.2 Å². The highest BCUT2D eigenvalue weighted by Crippen LogP contribution is 2.29. The standard InChI is InChI=1S/C19H19FN4O4/c1-11(25)23-18-7-2-12(9-22-18)15-5-3-13(8-16(15)20)24-10-14(28-19(24)27)4-6-17(21)26/h2-3,5,7-9,14H,4,6,10H2,1H3,(H2,21,26)(H,22,23,25). The molecule has 3 rings (SSSR count). The number of primary amides is 1. The van der Waals surface area contributed by atoms with E-state index < -0.39 is 23.9 Å². The van der Waals surface area contributed by atoms with Crippen LogP contribution in [0.3, 0.4) is 0 Å². The van der Waals surface area contributed by atoms with Gasteiger partial charge in [0.25, 0.3) is 0 Å². The predicted octanol–water partition coefficient (Wildman–Crippen LogP) is 2.44. The Morgan fingerprint density at radius 2 is 2.14 bits per heavy atom. The molecule has 0 aliphatic carbocycles. The minimum Gasteiger partial charge on any atom is -0.444 e. The van der Waals surface area contributed by atoms with Gasteiger partial charge in [0, 0.05) is 30.7 Å². The fraction of sp³-hybridized carbons (Fsp3) is 0.263. The molecule has 1 unspecified atom stereocenters. The van der Waals surface area contributed by atoms with Gasteiger partial charge in [0.05, 0.1) is 12.2 Å². The molecule has 0 spiro atoms. The van der Waals surface area contributed by atoms with Crippen molar-refractivity contribution >= 4 is 29.4 Å². The van der Waals surface area contributed by atoms with E-state index in [2.05, 4.69) is 10.3 Å². The van der Waals surface area contributed by atoms with Crippen LogP contribution in [0.4, 0.5) is 20.7 Å². The number of hydrogen-bond acceptors (Lipinski definition) is 5. The summed E-state index contributed by atoms with van der Waals surface area (Å²) in [4.78, 5) is 39.3. The summed E-state index contributed by atoms with van der Waals surface area (Å²) < 4.78 is 19.8. The van der Waals surface area contributed by atoms with Crippen LogP contribution in [0, 0.1) is 5.82 Å². The summed E-state index contributed by atoms with van der Waals surface area (Å²) in [6.45, 7) is 1.59. The van der Waals surface area contributed by atoms with Crippen molar-refractivity contribution < 1.29 is 23.5 Å². The van der Waals surface area contributed by atoms with Crippen molar-refractivity contribution in [3.63, 3.8) is 0 Å². The van der Waals surface area contributed by atoms with Gasteiger partial charge in [0.15, 0.2) is 0 Å². The van der Waals surface area contributed by atoms with E-state index in [9.17, 15) is 18.8 Å². The van der Waals surface area contributed by atoms with Gasteiger partial charge in [-0.2, -0.15) is 0 Å². The number of cyclic esters (lactones) is 1. The Hall–Kier alpha value is -3.49. The zero-order valence-electron chi connectivity index (χ0n) is 15.1. The first-order valence-corrected chi connectivity index (χ1v) is 8.63. The second kappa shape index (κ2) is 8.03. The molecule has 9 heteroatoms. The van der Waals surface area contributed by atoms with Crippen molar-refractivity contribution in [1.82, 2.24) is 4.98 Å². The normalized spacial score (nSPS) is 16.0. The van der Waals surface area contributed by atoms with Gasteiger partial charge in [0.1, 0.15) is 17.7 Å². The molecule has 0 radical (unpaired) electrons. The quantitative estimate of drug-likeness (QED) is 0.791. The summed E-state index contributed by atoms with van der Waals surface area (Å²) in [6.07, 6.45) is 0.828. The minimum atomic E-state index is -0.594. The molecule has 3 N–H and O–H groups in total. The molecule has 2 aromatic rings. The molecule has 1 fully saturated rings. The first kappa shape index (κ1) is 19.3. The van der Waals surface area contributed by atoms with Gasteiger partial charge < -0.3 is 15.8 Å². The molecule has 2 heterocycles. The molecule has 1 aliphatic rings. The highest BCUT2D eigenvalue weighted by molar-refractivity contribution is 5.90. The van der Waals surface area contributed by atoms with Crippen molar-refractivity contribution in [1.29, 1.82) is 0 Å². The third-order valence-electron chi connectivity index (χ3n) is 4.23. The molecule has 1 aromatic heterocycles. The maximum atomic E-state index is 14.6. The Labute approximate surface area is 160 Å². The summed E-state index contributed by atoms with van der Waals surface area (Å²) in [5.74, 6) is -0.875. The number of halogens is 1. The van der Waals surface area contributed by atoms with E-state index in [1.54, 1.807) is 24.3 Å². The van der Waals surface area contributed by atoms with Crippen molar-refractivity contribution in [3.8, 4) is 11.1 Å². The molecule has 3 amide bonds. The maximum Gasteiger partial charge on any atom is 0.414 e. The number of nitrogens with two attached hydrogens (primary N) is 1. The number of pyridine rings is 1. The number of anilines is 2. The van der Waals surface area contributed by atoms with Crippen LogP contribution in [0.2, 0.25) is 0 Å². The molecule has 8 nitrogen and oxygen atoms in total. The van der Waals surface area contributed by atoms with E-state index in [4.69, 9.17) is 10.5 Å². The molecule has 28 heavy (non-hydrogen) atoms. The monoisotopic (exact) mass is 386 g/mol. The summed E-state index contributed by atoms with van der Waals surface area (Å²) in [5, 5.41) is 2.54. The predicted molar refractivity (Wildman–Crippen MR) is 100.0 cm³/mol. The van der Waals surface area contributed by atoms with Crippen LogP contribution in [-0.2, 0) is 14.3 Å². The summed E-state index contributed by atoms with van der Waals surface area (Å²) in [6, 6.07) is 7.61. The molecule has 1 saturated heterocycles. The van der Waals surface area contributed by atoms with E-state index in [0.29, 0.717) is 29.1 Å². The number of rotatable bonds is 6. The minimum absolute atomic E-state index is 0.112. The van der Waals surface area contributed by atoms with Gasteiger partial charge in [-0.1, -0.05) is 0 Å². The second-order valence-corrected chi connectivity index (χ2v) is 6.40. The lowest BCUT2D eigenvalue weighted by atomic mass is 10.1. The lowest BCUT2D eigenvalue weighted by Gasteiger charge is -2.14. The smallest absolute Gasteiger partial charge is 0.414 e. The fourth-order valence-corrected chi connectivity index (χ4v) is 2.90. The Morgan fingerprint density at radius 3 is 2.75 bits per heavy atom. The second-order valence-electron chi connectivity index (χ2n) is 6.40. The topological polar surface area (TPSA) is 115 Å². The molecular weight excluding hydrogens is 367 g/mol. The SMILES string of the molecule is CC(=O)Nc1ccc(-c2ccc(N3CC(CCC(N)=O)OC3=O)cc2F)cn1. The number of carbonyl (C=O) groups is 3. The molecular formula is C19H19FN4O4. The van der Waals surface area contributed by atoms with Crippen molar-refractivity contribution in [2.24, 2.45) is 5.73 Å². The largest absolute Gasteiger partial charge is 0.444 e. The average Bonchev–Trinajstić information content (AvgIpc) is 3.01. The van der Waals surface area contributed by atoms with Crippen molar-refractivity contribution in [3.05, 3.63) is 42.3 Å². The van der Waals surface area contributed by atoms with Gasteiger partial charge in [0.2, 0.25) is 11.8 Å². The van der Waals surface area contributed by atoms with E-state index in [1.807, 2.05) is 0 Å². The Balaban J connectivity index is 1.74. The Kier molecular flexibility index (Phi) is 5.53. The van der Waals surface area contributed by atoms with Crippen LogP contribution in [-0.4, -0.2) is 35.5 Å². The van der Waals surface area contributed by atoms with E-state index in [-0.39, 0.29) is 18.9 Å². The Bertz CT molecular complexity index is 917. The third-order valence-corrected chi connectivity index (χ3v) is 4.23. The molecule has 0 bridgehead atoms. The van der Waals surface area contributed by atoms with Crippen LogP contribution in [0.15, 0.2) is 36.5 Å². The molecule has 0 saturated carbocycles. The summed E-state index contributed by atoms with van der Waals surface area (Å²) in [5.41, 5.74) is 6.30. The number of nitrogens with one attached hydrogen (secondary N) is 1. The number of carbonyl (C=O) groups excluding carboxylic acids is 3. The highest BCUT2D eigenvalue weighted by atomic mass is 19.1. The van der Waals surface area contributed by atoms with Crippen LogP contribution in [0.1, 0.15) is 19.8 Å². The molecule has 146 valence electrons.